The van der Waals surface area contributed by atoms with Gasteiger partial charge in [-0.3, -0.25) is 4.57 Å². The van der Waals surface area contributed by atoms with E-state index in [0.29, 0.717) is 17.1 Å². The molecule has 2 heterocycles. The Labute approximate surface area is 104 Å². The Morgan fingerprint density at radius 1 is 1.50 bits per heavy atom. The zero-order chi connectivity index (χ0) is 11.3. The Balaban J connectivity index is 2.52. The first kappa shape index (κ1) is 10.1. The van der Waals surface area contributed by atoms with E-state index in [1.807, 2.05) is 12.1 Å². The van der Waals surface area contributed by atoms with Crippen molar-refractivity contribution in [3.63, 3.8) is 0 Å². The van der Waals surface area contributed by atoms with E-state index >= 15 is 0 Å². The largest absolute Gasteiger partial charge is 0.369 e. The molecule has 1 aliphatic rings. The Kier molecular flexibility index (Phi) is 2.19. The van der Waals surface area contributed by atoms with Gasteiger partial charge in [0.05, 0.1) is 10.5 Å². The summed E-state index contributed by atoms with van der Waals surface area (Å²) in [4.78, 5) is 15.7. The summed E-state index contributed by atoms with van der Waals surface area (Å²) in [6.45, 7) is 1.41. The molecular weight excluding hydrogens is 293 g/mol. The lowest BCUT2D eigenvalue weighted by Crippen LogP contribution is -2.20. The van der Waals surface area contributed by atoms with Crippen LogP contribution in [0.4, 0.5) is 5.82 Å². The molecular formula is C10H7BrClN3O. The van der Waals surface area contributed by atoms with Crippen LogP contribution in [0.1, 0.15) is 0 Å². The molecule has 0 amide bonds. The zero-order valence-electron chi connectivity index (χ0n) is 8.13. The van der Waals surface area contributed by atoms with E-state index in [-0.39, 0.29) is 5.69 Å². The molecule has 0 radical (unpaired) electrons. The molecule has 4 nitrogen and oxygen atoms in total. The van der Waals surface area contributed by atoms with Gasteiger partial charge in [-0.1, -0.05) is 11.6 Å². The predicted molar refractivity (Wildman–Crippen MR) is 67.2 cm³/mol. The number of hydrogen-bond donors (Lipinski definition) is 1. The second kappa shape index (κ2) is 3.46. The average Bonchev–Trinajstić information content (AvgIpc) is 2.74. The number of anilines is 1. The molecule has 6 heteroatoms. The number of benzene rings is 1. The molecule has 1 aromatic heterocycles. The smallest absolute Gasteiger partial charge is 0.349 e. The minimum Gasteiger partial charge on any atom is -0.369 e. The van der Waals surface area contributed by atoms with Crippen LogP contribution in [-0.4, -0.2) is 16.1 Å². The van der Waals surface area contributed by atoms with Crippen LogP contribution in [0, 0.1) is 0 Å². The monoisotopic (exact) mass is 299 g/mol. The van der Waals surface area contributed by atoms with E-state index in [9.17, 15) is 4.79 Å². The molecule has 82 valence electrons. The third kappa shape index (κ3) is 1.28. The van der Waals surface area contributed by atoms with Gasteiger partial charge < -0.3 is 5.32 Å². The van der Waals surface area contributed by atoms with Crippen molar-refractivity contribution in [1.82, 2.24) is 9.55 Å². The minimum atomic E-state index is -0.257. The van der Waals surface area contributed by atoms with Crippen molar-refractivity contribution < 1.29 is 0 Å². The van der Waals surface area contributed by atoms with Gasteiger partial charge in [-0.15, -0.1) is 0 Å². The Bertz CT molecular complexity index is 653. The number of hydrogen-bond acceptors (Lipinski definition) is 3. The highest BCUT2D eigenvalue weighted by Gasteiger charge is 2.17. The number of halogens is 2. The highest BCUT2D eigenvalue weighted by Crippen LogP contribution is 2.32. The summed E-state index contributed by atoms with van der Waals surface area (Å²) in [5.41, 5.74) is 0.286. The molecule has 0 saturated heterocycles. The van der Waals surface area contributed by atoms with Gasteiger partial charge in [0.1, 0.15) is 5.82 Å². The third-order valence-electron chi connectivity index (χ3n) is 2.66. The molecule has 1 aliphatic heterocycles. The number of aromatic nitrogens is 2. The summed E-state index contributed by atoms with van der Waals surface area (Å²) in [5.74, 6) is 0.810. The van der Waals surface area contributed by atoms with E-state index in [4.69, 9.17) is 11.6 Å². The maximum absolute atomic E-state index is 11.7. The molecule has 0 spiro atoms. The fourth-order valence-corrected chi connectivity index (χ4v) is 2.45. The van der Waals surface area contributed by atoms with Crippen LogP contribution in [0.5, 0.6) is 0 Å². The van der Waals surface area contributed by atoms with E-state index < -0.39 is 0 Å². The van der Waals surface area contributed by atoms with Crippen LogP contribution < -0.4 is 11.0 Å². The van der Waals surface area contributed by atoms with E-state index in [1.165, 1.54) is 0 Å². The van der Waals surface area contributed by atoms with Crippen molar-refractivity contribution in [2.45, 2.75) is 6.54 Å². The Morgan fingerprint density at radius 2 is 2.31 bits per heavy atom. The van der Waals surface area contributed by atoms with Crippen LogP contribution in [-0.2, 0) is 6.54 Å². The van der Waals surface area contributed by atoms with Crippen molar-refractivity contribution in [3.05, 3.63) is 32.1 Å². The average molecular weight is 301 g/mol. The van der Waals surface area contributed by atoms with Crippen LogP contribution in [0.15, 0.2) is 21.4 Å². The zero-order valence-corrected chi connectivity index (χ0v) is 10.5. The van der Waals surface area contributed by atoms with Crippen molar-refractivity contribution in [3.8, 4) is 0 Å². The summed E-state index contributed by atoms with van der Waals surface area (Å²) in [7, 11) is 0. The summed E-state index contributed by atoms with van der Waals surface area (Å²) in [6.07, 6.45) is 0. The molecule has 1 aromatic carbocycles. The maximum atomic E-state index is 11.7. The van der Waals surface area contributed by atoms with E-state index in [2.05, 4.69) is 26.2 Å². The van der Waals surface area contributed by atoms with Gasteiger partial charge in [0.25, 0.3) is 0 Å². The van der Waals surface area contributed by atoms with Crippen molar-refractivity contribution in [2.24, 2.45) is 0 Å². The van der Waals surface area contributed by atoms with E-state index in [1.54, 1.807) is 4.57 Å². The van der Waals surface area contributed by atoms with Crippen LogP contribution in [0.3, 0.4) is 0 Å². The molecule has 1 N–H and O–H groups in total. The first-order chi connectivity index (χ1) is 7.68. The second-order valence-corrected chi connectivity index (χ2v) is 4.81. The molecule has 0 aliphatic carbocycles. The summed E-state index contributed by atoms with van der Waals surface area (Å²) >= 11 is 9.43. The van der Waals surface area contributed by atoms with E-state index in [0.717, 1.165) is 22.2 Å². The van der Waals surface area contributed by atoms with Gasteiger partial charge in [-0.2, -0.15) is 4.98 Å². The highest BCUT2D eigenvalue weighted by atomic mass is 79.9. The summed E-state index contributed by atoms with van der Waals surface area (Å²) in [6, 6.07) is 3.76. The highest BCUT2D eigenvalue weighted by molar-refractivity contribution is 9.10. The first-order valence-corrected chi connectivity index (χ1v) is 5.98. The van der Waals surface area contributed by atoms with Crippen molar-refractivity contribution in [2.75, 3.05) is 11.9 Å². The predicted octanol–water partition coefficient (Wildman–Crippen LogP) is 2.24. The third-order valence-corrected chi connectivity index (χ3v) is 3.93. The lowest BCUT2D eigenvalue weighted by atomic mass is 10.2. The van der Waals surface area contributed by atoms with Crippen LogP contribution in [0.25, 0.3) is 10.9 Å². The molecule has 16 heavy (non-hydrogen) atoms. The van der Waals surface area contributed by atoms with Gasteiger partial charge in [-0.05, 0) is 28.1 Å². The lowest BCUT2D eigenvalue weighted by molar-refractivity contribution is 0.750. The Hall–Kier alpha value is -1.07. The van der Waals surface area contributed by atoms with Gasteiger partial charge in [0.15, 0.2) is 0 Å². The van der Waals surface area contributed by atoms with Gasteiger partial charge in [-0.25, -0.2) is 4.79 Å². The summed E-state index contributed by atoms with van der Waals surface area (Å²) < 4.78 is 2.38. The topological polar surface area (TPSA) is 46.9 Å². The SMILES string of the molecule is O=c1nc2c(Cl)c(Br)ccc2c2n1CCN2. The van der Waals surface area contributed by atoms with Crippen LogP contribution in [0.2, 0.25) is 5.02 Å². The van der Waals surface area contributed by atoms with Crippen LogP contribution >= 0.6 is 27.5 Å². The maximum Gasteiger partial charge on any atom is 0.349 e. The number of rotatable bonds is 0. The lowest BCUT2D eigenvalue weighted by Gasteiger charge is -2.07. The minimum absolute atomic E-state index is 0.257. The van der Waals surface area contributed by atoms with Gasteiger partial charge in [0.2, 0.25) is 0 Å². The molecule has 2 aromatic rings. The standard InChI is InChI=1S/C10H7BrClN3O/c11-6-2-1-5-8(7(6)12)14-10(16)15-4-3-13-9(5)15/h1-2,13H,3-4H2. The molecule has 0 bridgehead atoms. The Morgan fingerprint density at radius 3 is 3.12 bits per heavy atom. The summed E-state index contributed by atoms with van der Waals surface area (Å²) in [5, 5.41) is 4.54. The van der Waals surface area contributed by atoms with Gasteiger partial charge in [0, 0.05) is 22.9 Å². The fraction of sp³-hybridized carbons (Fsp3) is 0.200. The van der Waals surface area contributed by atoms with Crippen molar-refractivity contribution >= 4 is 44.3 Å². The number of fused-ring (bicyclic) bond motifs is 3. The van der Waals surface area contributed by atoms with Crippen molar-refractivity contribution in [1.29, 1.82) is 0 Å². The quantitative estimate of drug-likeness (QED) is 0.811. The first-order valence-electron chi connectivity index (χ1n) is 4.81. The van der Waals surface area contributed by atoms with Gasteiger partial charge >= 0.3 is 5.69 Å². The normalized spacial score (nSPS) is 13.9. The fourth-order valence-electron chi connectivity index (χ4n) is 1.92. The molecule has 0 unspecified atom stereocenters. The molecule has 0 atom stereocenters. The second-order valence-electron chi connectivity index (χ2n) is 3.58. The molecule has 0 saturated carbocycles. The number of nitrogens with zero attached hydrogens (tertiary/aromatic N) is 2. The number of nitrogens with one attached hydrogen (secondary N) is 1. The molecule has 0 fully saturated rings. The molecule has 3 rings (SSSR count).